The van der Waals surface area contributed by atoms with E-state index in [1.54, 1.807) is 6.07 Å². The van der Waals surface area contributed by atoms with E-state index in [-0.39, 0.29) is 22.5 Å². The van der Waals surface area contributed by atoms with Crippen LogP contribution in [0.5, 0.6) is 0 Å². The summed E-state index contributed by atoms with van der Waals surface area (Å²) in [6.07, 6.45) is 3.05. The molecule has 2 aliphatic carbocycles. The van der Waals surface area contributed by atoms with Gasteiger partial charge in [-0.25, -0.2) is 9.18 Å². The topological polar surface area (TPSA) is 26.3 Å². The third-order valence-corrected chi connectivity index (χ3v) is 6.60. The van der Waals surface area contributed by atoms with Crippen molar-refractivity contribution in [3.05, 3.63) is 34.1 Å². The van der Waals surface area contributed by atoms with Gasteiger partial charge in [0.1, 0.15) is 11.9 Å². The van der Waals surface area contributed by atoms with Crippen molar-refractivity contribution >= 4 is 21.9 Å². The molecule has 2 fully saturated rings. The molecule has 21 heavy (non-hydrogen) atoms. The van der Waals surface area contributed by atoms with Gasteiger partial charge in [0, 0.05) is 9.89 Å². The molecule has 114 valence electrons. The summed E-state index contributed by atoms with van der Waals surface area (Å²) in [5.41, 5.74) is 0.178. The van der Waals surface area contributed by atoms with Gasteiger partial charge in [0.05, 0.1) is 5.56 Å². The Morgan fingerprint density at radius 2 is 2.10 bits per heavy atom. The Hall–Kier alpha value is -0.900. The van der Waals surface area contributed by atoms with Gasteiger partial charge in [-0.15, -0.1) is 0 Å². The molecule has 0 radical (unpaired) electrons. The Bertz CT molecular complexity index is 598. The predicted molar refractivity (Wildman–Crippen MR) is 82.5 cm³/mol. The number of halogens is 2. The Kier molecular flexibility index (Phi) is 3.43. The minimum absolute atomic E-state index is 0.00415. The van der Waals surface area contributed by atoms with E-state index in [2.05, 4.69) is 36.7 Å². The Labute approximate surface area is 133 Å². The molecule has 2 aliphatic rings. The summed E-state index contributed by atoms with van der Waals surface area (Å²) >= 11 is 3.26. The van der Waals surface area contributed by atoms with Crippen LogP contribution in [-0.4, -0.2) is 12.1 Å². The average molecular weight is 355 g/mol. The van der Waals surface area contributed by atoms with Crippen molar-refractivity contribution in [3.8, 4) is 0 Å². The van der Waals surface area contributed by atoms with E-state index >= 15 is 0 Å². The Morgan fingerprint density at radius 3 is 2.67 bits per heavy atom. The van der Waals surface area contributed by atoms with Gasteiger partial charge in [-0.3, -0.25) is 0 Å². The van der Waals surface area contributed by atoms with Gasteiger partial charge >= 0.3 is 5.97 Å². The third-order valence-electron chi connectivity index (χ3n) is 6.11. The first kappa shape index (κ1) is 15.0. The number of hydrogen-bond donors (Lipinski definition) is 0. The number of rotatable bonds is 2. The summed E-state index contributed by atoms with van der Waals surface area (Å²) in [5.74, 6) is -0.494. The fourth-order valence-electron chi connectivity index (χ4n) is 4.16. The van der Waals surface area contributed by atoms with E-state index in [4.69, 9.17) is 4.74 Å². The molecule has 2 nitrogen and oxygen atoms in total. The van der Waals surface area contributed by atoms with E-state index in [0.717, 1.165) is 12.8 Å². The normalized spacial score (nSPS) is 33.2. The second kappa shape index (κ2) is 4.80. The quantitative estimate of drug-likeness (QED) is 0.701. The maximum absolute atomic E-state index is 13.8. The van der Waals surface area contributed by atoms with Crippen LogP contribution in [0, 0.1) is 22.6 Å². The zero-order valence-electron chi connectivity index (χ0n) is 12.6. The number of hydrogen-bond acceptors (Lipinski definition) is 2. The molecule has 2 saturated carbocycles. The van der Waals surface area contributed by atoms with Crippen LogP contribution in [0.4, 0.5) is 4.39 Å². The summed E-state index contributed by atoms with van der Waals surface area (Å²) in [6, 6.07) is 4.35. The molecule has 0 heterocycles. The molecule has 3 atom stereocenters. The highest BCUT2D eigenvalue weighted by molar-refractivity contribution is 9.10. The largest absolute Gasteiger partial charge is 0.458 e. The van der Waals surface area contributed by atoms with Crippen LogP contribution in [0.25, 0.3) is 0 Å². The lowest BCUT2D eigenvalue weighted by Crippen LogP contribution is -2.38. The van der Waals surface area contributed by atoms with Crippen molar-refractivity contribution in [2.45, 2.75) is 46.1 Å². The van der Waals surface area contributed by atoms with E-state index in [9.17, 15) is 9.18 Å². The smallest absolute Gasteiger partial charge is 0.341 e. The van der Waals surface area contributed by atoms with Crippen molar-refractivity contribution in [3.63, 3.8) is 0 Å². The highest BCUT2D eigenvalue weighted by atomic mass is 79.9. The van der Waals surface area contributed by atoms with E-state index in [0.29, 0.717) is 10.4 Å². The lowest BCUT2D eigenvalue weighted by atomic mass is 9.70. The van der Waals surface area contributed by atoms with Crippen molar-refractivity contribution < 1.29 is 13.9 Å². The third kappa shape index (κ3) is 2.14. The first-order valence-electron chi connectivity index (χ1n) is 7.42. The lowest BCUT2D eigenvalue weighted by molar-refractivity contribution is -0.0245. The molecule has 0 saturated heterocycles. The molecule has 0 aromatic heterocycles. The first-order valence-corrected chi connectivity index (χ1v) is 8.21. The number of benzene rings is 1. The standard InChI is InChI=1S/C17H20BrFO2/c1-16(2)10-6-7-17(16,3)14(8-10)21-15(20)12-9-11(18)4-5-13(12)19/h4-5,9-10,14H,6-8H2,1-3H3. The Morgan fingerprint density at radius 1 is 1.38 bits per heavy atom. The van der Waals surface area contributed by atoms with Gasteiger partial charge in [-0.1, -0.05) is 36.7 Å². The zero-order chi connectivity index (χ0) is 15.4. The van der Waals surface area contributed by atoms with E-state index in [1.807, 2.05) is 0 Å². The SMILES string of the molecule is CC1(C)C2CCC1(C)C(OC(=O)c1cc(Br)ccc1F)C2. The fourth-order valence-corrected chi connectivity index (χ4v) is 4.52. The second-order valence-electron chi connectivity index (χ2n) is 7.13. The Balaban J connectivity index is 1.82. The van der Waals surface area contributed by atoms with Crippen molar-refractivity contribution in [1.82, 2.24) is 0 Å². The molecule has 0 spiro atoms. The molecule has 0 aliphatic heterocycles. The van der Waals surface area contributed by atoms with Crippen molar-refractivity contribution in [2.75, 3.05) is 0 Å². The maximum atomic E-state index is 13.8. The number of carbonyl (C=O) groups is 1. The van der Waals surface area contributed by atoms with Crippen LogP contribution in [0.1, 0.15) is 50.4 Å². The highest BCUT2D eigenvalue weighted by Gasteiger charge is 2.62. The van der Waals surface area contributed by atoms with Crippen molar-refractivity contribution in [1.29, 1.82) is 0 Å². The molecule has 3 rings (SSSR count). The molecule has 2 bridgehead atoms. The minimum atomic E-state index is -0.552. The van der Waals surface area contributed by atoms with Crippen LogP contribution in [0.15, 0.2) is 22.7 Å². The van der Waals surface area contributed by atoms with Crippen LogP contribution < -0.4 is 0 Å². The summed E-state index contributed by atoms with van der Waals surface area (Å²) < 4.78 is 20.2. The summed E-state index contributed by atoms with van der Waals surface area (Å²) in [4.78, 5) is 12.3. The molecular formula is C17H20BrFO2. The maximum Gasteiger partial charge on any atom is 0.341 e. The van der Waals surface area contributed by atoms with Gasteiger partial charge < -0.3 is 4.74 Å². The van der Waals surface area contributed by atoms with Gasteiger partial charge in [0.15, 0.2) is 0 Å². The summed E-state index contributed by atoms with van der Waals surface area (Å²) in [6.45, 7) is 6.73. The molecule has 0 amide bonds. The van der Waals surface area contributed by atoms with Gasteiger partial charge in [-0.2, -0.15) is 0 Å². The van der Waals surface area contributed by atoms with Crippen LogP contribution in [0.2, 0.25) is 0 Å². The van der Waals surface area contributed by atoms with Crippen LogP contribution in [0.3, 0.4) is 0 Å². The number of esters is 1. The summed E-state index contributed by atoms with van der Waals surface area (Å²) in [7, 11) is 0. The number of ether oxygens (including phenoxy) is 1. The molecule has 1 aromatic rings. The van der Waals surface area contributed by atoms with Gasteiger partial charge in [0.25, 0.3) is 0 Å². The fraction of sp³-hybridized carbons (Fsp3) is 0.588. The predicted octanol–water partition coefficient (Wildman–Crippen LogP) is 4.96. The molecule has 4 heteroatoms. The number of fused-ring (bicyclic) bond motifs is 2. The zero-order valence-corrected chi connectivity index (χ0v) is 14.2. The molecule has 0 N–H and O–H groups in total. The second-order valence-corrected chi connectivity index (χ2v) is 8.04. The minimum Gasteiger partial charge on any atom is -0.458 e. The number of carbonyl (C=O) groups excluding carboxylic acids is 1. The highest BCUT2D eigenvalue weighted by Crippen LogP contribution is 2.66. The van der Waals surface area contributed by atoms with Gasteiger partial charge in [0.2, 0.25) is 0 Å². The van der Waals surface area contributed by atoms with Crippen molar-refractivity contribution in [2.24, 2.45) is 16.7 Å². The van der Waals surface area contributed by atoms with Gasteiger partial charge in [-0.05, 0) is 48.8 Å². The molecular weight excluding hydrogens is 335 g/mol. The van der Waals surface area contributed by atoms with E-state index < -0.39 is 11.8 Å². The van der Waals surface area contributed by atoms with Crippen LogP contribution >= 0.6 is 15.9 Å². The lowest BCUT2D eigenvalue weighted by Gasteiger charge is -2.38. The van der Waals surface area contributed by atoms with E-state index in [1.165, 1.54) is 18.6 Å². The molecule has 1 aromatic carbocycles. The average Bonchev–Trinajstić information content (AvgIpc) is 2.74. The first-order chi connectivity index (χ1) is 9.75. The monoisotopic (exact) mass is 354 g/mol. The summed E-state index contributed by atoms with van der Waals surface area (Å²) in [5, 5.41) is 0. The molecule has 3 unspecified atom stereocenters. The van der Waals surface area contributed by atoms with Crippen LogP contribution in [-0.2, 0) is 4.74 Å².